The second-order valence-electron chi connectivity index (χ2n) is 8.53. The quantitative estimate of drug-likeness (QED) is 0.401. The highest BCUT2D eigenvalue weighted by Gasteiger charge is 2.33. The number of carbonyl (C=O) groups is 1. The van der Waals surface area contributed by atoms with Crippen LogP contribution in [0.5, 0.6) is 0 Å². The molecule has 0 spiro atoms. The summed E-state index contributed by atoms with van der Waals surface area (Å²) in [5.41, 5.74) is 2.05. The minimum atomic E-state index is -0.511. The molecule has 2 fully saturated rings. The van der Waals surface area contributed by atoms with Gasteiger partial charge in [-0.05, 0) is 36.5 Å². The maximum atomic E-state index is 15.8. The molecule has 0 bridgehead atoms. The normalized spacial score (nSPS) is 18.1. The first-order valence-electron chi connectivity index (χ1n) is 11.1. The summed E-state index contributed by atoms with van der Waals surface area (Å²) in [6.07, 6.45) is 6.27. The third kappa shape index (κ3) is 3.86. The second kappa shape index (κ2) is 8.99. The van der Waals surface area contributed by atoms with Crippen LogP contribution >= 0.6 is 11.6 Å². The summed E-state index contributed by atoms with van der Waals surface area (Å²) in [5, 5.41) is 1.12. The summed E-state index contributed by atoms with van der Waals surface area (Å²) < 4.78 is 15.8. The van der Waals surface area contributed by atoms with Crippen molar-refractivity contribution in [3.05, 3.63) is 71.2 Å². The summed E-state index contributed by atoms with van der Waals surface area (Å²) in [4.78, 5) is 32.5. The van der Waals surface area contributed by atoms with Gasteiger partial charge in [-0.3, -0.25) is 9.78 Å². The van der Waals surface area contributed by atoms with Gasteiger partial charge < -0.3 is 14.6 Å². The Balaban J connectivity index is 1.54. The molecular formula is C25H22ClFN6O. The van der Waals surface area contributed by atoms with Crippen LogP contribution in [-0.4, -0.2) is 58.0 Å². The smallest absolute Gasteiger partial charge is 0.246 e. The molecule has 0 radical (unpaired) electrons. The lowest BCUT2D eigenvalue weighted by atomic mass is 9.99. The Morgan fingerprint density at radius 3 is 2.85 bits per heavy atom. The Labute approximate surface area is 201 Å². The van der Waals surface area contributed by atoms with Gasteiger partial charge in [0, 0.05) is 36.4 Å². The largest absolute Gasteiger partial charge is 0.352 e. The molecule has 2 aliphatic rings. The second-order valence-corrected chi connectivity index (χ2v) is 8.94. The van der Waals surface area contributed by atoms with Crippen molar-refractivity contribution in [1.82, 2.24) is 19.9 Å². The molecule has 9 heteroatoms. The van der Waals surface area contributed by atoms with Gasteiger partial charge >= 0.3 is 0 Å². The molecule has 1 aliphatic heterocycles. The number of piperazine rings is 1. The van der Waals surface area contributed by atoms with Crippen LogP contribution in [0.4, 0.5) is 10.2 Å². The van der Waals surface area contributed by atoms with E-state index in [0.717, 1.165) is 18.4 Å². The number of pyridine rings is 1. The van der Waals surface area contributed by atoms with Crippen molar-refractivity contribution >= 4 is 34.2 Å². The molecule has 3 heterocycles. The van der Waals surface area contributed by atoms with Crippen LogP contribution in [0, 0.1) is 12.4 Å². The fraction of sp³-hybridized carbons (Fsp3) is 0.320. The predicted molar refractivity (Wildman–Crippen MR) is 129 cm³/mol. The third-order valence-corrected chi connectivity index (χ3v) is 6.77. The SMILES string of the molecule is [C-]#[N+]C[C@H]1CN(c2ncnc3c(F)c(-c4cccc(Cl)c4C4CC4)ncc23)CCN1C(=O)C=C. The Hall–Kier alpha value is -3.57. The standard InChI is InChI=1S/C25H22ClFN6O/c1-3-20(34)33-10-9-32(13-16(33)11-28-2)25-18-12-29-23(22(27)24(18)30-14-31-25)17-5-4-6-19(26)21(17)15-7-8-15/h3-6,12,14-16H,1,7-11,13H2/t16-/m0/s1. The van der Waals surface area contributed by atoms with E-state index in [1.807, 2.05) is 23.1 Å². The molecule has 1 aliphatic carbocycles. The molecule has 1 aromatic carbocycles. The molecule has 0 unspecified atom stereocenters. The van der Waals surface area contributed by atoms with Crippen LogP contribution in [0.15, 0.2) is 43.4 Å². The van der Waals surface area contributed by atoms with Crippen molar-refractivity contribution in [2.24, 2.45) is 0 Å². The lowest BCUT2D eigenvalue weighted by molar-refractivity contribution is -0.128. The van der Waals surface area contributed by atoms with E-state index in [1.54, 1.807) is 11.1 Å². The van der Waals surface area contributed by atoms with E-state index >= 15 is 4.39 Å². The van der Waals surface area contributed by atoms with Gasteiger partial charge in [0.1, 0.15) is 29.4 Å². The highest BCUT2D eigenvalue weighted by molar-refractivity contribution is 6.31. The van der Waals surface area contributed by atoms with Gasteiger partial charge in [-0.2, -0.15) is 0 Å². The van der Waals surface area contributed by atoms with Crippen LogP contribution < -0.4 is 4.90 Å². The van der Waals surface area contributed by atoms with Crippen molar-refractivity contribution in [2.45, 2.75) is 24.8 Å². The fourth-order valence-electron chi connectivity index (χ4n) is 4.66. The van der Waals surface area contributed by atoms with Crippen LogP contribution in [0.3, 0.4) is 0 Å². The topological polar surface area (TPSA) is 66.6 Å². The first-order valence-corrected chi connectivity index (χ1v) is 11.5. The highest BCUT2D eigenvalue weighted by Crippen LogP contribution is 2.48. The van der Waals surface area contributed by atoms with E-state index in [2.05, 4.69) is 26.4 Å². The Kier molecular flexibility index (Phi) is 5.88. The lowest BCUT2D eigenvalue weighted by Crippen LogP contribution is -2.56. The van der Waals surface area contributed by atoms with Crippen LogP contribution in [-0.2, 0) is 4.79 Å². The minimum Gasteiger partial charge on any atom is -0.352 e. The number of hydrogen-bond donors (Lipinski definition) is 0. The highest BCUT2D eigenvalue weighted by atomic mass is 35.5. The molecule has 1 saturated carbocycles. The summed E-state index contributed by atoms with van der Waals surface area (Å²) in [5.74, 6) is 0.155. The third-order valence-electron chi connectivity index (χ3n) is 6.44. The molecule has 3 aromatic rings. The van der Waals surface area contributed by atoms with Gasteiger partial charge in [0.15, 0.2) is 5.82 Å². The molecular weight excluding hydrogens is 455 g/mol. The maximum Gasteiger partial charge on any atom is 0.246 e. The van der Waals surface area contributed by atoms with E-state index in [0.29, 0.717) is 47.3 Å². The number of fused-ring (bicyclic) bond motifs is 1. The summed E-state index contributed by atoms with van der Waals surface area (Å²) in [7, 11) is 0. The fourth-order valence-corrected chi connectivity index (χ4v) is 4.99. The van der Waals surface area contributed by atoms with E-state index in [9.17, 15) is 4.79 Å². The van der Waals surface area contributed by atoms with Crippen LogP contribution in [0.1, 0.15) is 24.3 Å². The number of nitrogens with zero attached hydrogens (tertiary/aromatic N) is 6. The number of aromatic nitrogens is 3. The first-order chi connectivity index (χ1) is 16.5. The van der Waals surface area contributed by atoms with Gasteiger partial charge in [0.2, 0.25) is 12.5 Å². The van der Waals surface area contributed by atoms with Crippen molar-refractivity contribution in [1.29, 1.82) is 0 Å². The van der Waals surface area contributed by atoms with Crippen LogP contribution in [0.25, 0.3) is 27.0 Å². The molecule has 1 saturated heterocycles. The molecule has 2 aromatic heterocycles. The monoisotopic (exact) mass is 476 g/mol. The van der Waals surface area contributed by atoms with Gasteiger partial charge in [0.05, 0.1) is 5.39 Å². The number of carbonyl (C=O) groups excluding carboxylic acids is 1. The number of amides is 1. The van der Waals surface area contributed by atoms with Crippen molar-refractivity contribution in [3.8, 4) is 11.3 Å². The maximum absolute atomic E-state index is 15.8. The number of benzene rings is 1. The summed E-state index contributed by atoms with van der Waals surface area (Å²) in [6, 6.07) is 5.17. The van der Waals surface area contributed by atoms with Gasteiger partial charge in [-0.15, -0.1) is 0 Å². The summed E-state index contributed by atoms with van der Waals surface area (Å²) in [6.45, 7) is 12.3. The number of rotatable bonds is 5. The van der Waals surface area contributed by atoms with Gasteiger partial charge in [-0.25, -0.2) is 20.9 Å². The van der Waals surface area contributed by atoms with E-state index < -0.39 is 5.82 Å². The first kappa shape index (κ1) is 22.2. The zero-order chi connectivity index (χ0) is 23.8. The molecule has 172 valence electrons. The predicted octanol–water partition coefficient (Wildman–Crippen LogP) is 4.48. The number of anilines is 1. The Morgan fingerprint density at radius 2 is 2.12 bits per heavy atom. The minimum absolute atomic E-state index is 0.161. The lowest BCUT2D eigenvalue weighted by Gasteiger charge is -2.39. The van der Waals surface area contributed by atoms with E-state index in [1.165, 1.54) is 12.4 Å². The Morgan fingerprint density at radius 1 is 1.29 bits per heavy atom. The molecule has 0 N–H and O–H groups in total. The zero-order valence-electron chi connectivity index (χ0n) is 18.4. The molecule has 5 rings (SSSR count). The molecule has 1 atom stereocenters. The Bertz CT molecular complexity index is 1330. The van der Waals surface area contributed by atoms with Gasteiger partial charge in [-0.1, -0.05) is 30.3 Å². The van der Waals surface area contributed by atoms with Crippen molar-refractivity contribution in [2.75, 3.05) is 31.1 Å². The van der Waals surface area contributed by atoms with Crippen LogP contribution in [0.2, 0.25) is 5.02 Å². The van der Waals surface area contributed by atoms with Crippen molar-refractivity contribution in [3.63, 3.8) is 0 Å². The average molecular weight is 477 g/mol. The zero-order valence-corrected chi connectivity index (χ0v) is 19.2. The molecule has 1 amide bonds. The molecule has 34 heavy (non-hydrogen) atoms. The molecule has 7 nitrogen and oxygen atoms in total. The van der Waals surface area contributed by atoms with Crippen molar-refractivity contribution < 1.29 is 9.18 Å². The van der Waals surface area contributed by atoms with Gasteiger partial charge in [0.25, 0.3) is 0 Å². The number of halogens is 2. The average Bonchev–Trinajstić information content (AvgIpc) is 3.69. The summed E-state index contributed by atoms with van der Waals surface area (Å²) >= 11 is 6.46. The van der Waals surface area contributed by atoms with E-state index in [4.69, 9.17) is 18.2 Å². The van der Waals surface area contributed by atoms with E-state index in [-0.39, 0.29) is 29.7 Å². The number of hydrogen-bond acceptors (Lipinski definition) is 5.